The number of ether oxygens (including phenoxy) is 20. The monoisotopic (exact) mass is 1710 g/mol. The second-order valence-electron chi connectivity index (χ2n) is 25.0. The second-order valence-corrected chi connectivity index (χ2v) is 25.8. The minimum absolute atomic E-state index is 0.00111. The first-order chi connectivity index (χ1) is 55.5. The van der Waals surface area contributed by atoms with Gasteiger partial charge in [-0.3, -0.25) is 67.1 Å². The molecule has 0 bridgehead atoms. The van der Waals surface area contributed by atoms with Crippen LogP contribution in [-0.2, 0) is 193 Å². The average molecular weight is 1710 g/mol. The van der Waals surface area contributed by atoms with Crippen molar-refractivity contribution < 1.29 is 172 Å². The van der Waals surface area contributed by atoms with Crippen LogP contribution in [0.4, 0.5) is 0 Å². The van der Waals surface area contributed by atoms with Crippen LogP contribution in [0.15, 0.2) is 121 Å². The number of benzene rings is 4. The summed E-state index contributed by atoms with van der Waals surface area (Å²) in [5.74, 6) is -14.0. The predicted molar refractivity (Wildman–Crippen MR) is 391 cm³/mol. The van der Waals surface area contributed by atoms with E-state index in [9.17, 15) is 77.0 Å². The van der Waals surface area contributed by atoms with E-state index in [0.717, 1.165) is 84.8 Å². The smallest absolute Gasteiger partial charge is 0.339 e. The molecule has 3 amide bonds. The van der Waals surface area contributed by atoms with Gasteiger partial charge in [-0.05, 0) is 22.3 Å². The summed E-state index contributed by atoms with van der Waals surface area (Å²) >= 11 is 16.6. The maximum absolute atomic E-state index is 12.4. The number of aliphatic hydroxyl groups excluding tert-OH is 1. The SMILES string of the molecule is CC(=O)OC1[C@H](OC(C)=O)OC(C(N)=O)[C@@H](O)[C@H]1OCc1ccccc1.CC(=O)OC1[C@H](OC(C)=O)OC(C(N)=O)[C@@H](OC(=O)CCl)[C@H]1OCc1ccccc1.CC(=O)OC1[C@H](OC(C)=O)OC(C(N)=O)[C@@H](OC(=O)CCl)[C@H]1OCc1ccccc1.COC(=O)C1O[C@@H](OC(C)=O)C(OC(C)=O)[C@H](OCc2ccccc2)[C@@H]1OC(=O)CCl. The third-order valence-corrected chi connectivity index (χ3v) is 16.5. The molecule has 4 heterocycles. The number of hydrogen-bond acceptors (Lipinski definition) is 36. The number of aliphatic hydroxyl groups is 1. The minimum Gasteiger partial charge on any atom is -0.467 e. The molecule has 42 heteroatoms. The van der Waals surface area contributed by atoms with Gasteiger partial charge >= 0.3 is 71.6 Å². The van der Waals surface area contributed by atoms with Crippen molar-refractivity contribution >= 4 is 124 Å². The van der Waals surface area contributed by atoms with Gasteiger partial charge in [0, 0.05) is 55.4 Å². The van der Waals surface area contributed by atoms with Gasteiger partial charge in [-0.2, -0.15) is 0 Å². The lowest BCUT2D eigenvalue weighted by atomic mass is 9.97. The maximum Gasteiger partial charge on any atom is 0.339 e. The zero-order valence-corrected chi connectivity index (χ0v) is 66.4. The Hall–Kier alpha value is -10.6. The van der Waals surface area contributed by atoms with Crippen molar-refractivity contribution in [2.75, 3.05) is 24.7 Å². The molecule has 0 aromatic heterocycles. The highest BCUT2D eigenvalue weighted by atomic mass is 35.5. The summed E-state index contributed by atoms with van der Waals surface area (Å²) in [5, 5.41) is 10.4. The number of primary amides is 3. The van der Waals surface area contributed by atoms with Gasteiger partial charge in [0.1, 0.15) is 48.2 Å². The van der Waals surface area contributed by atoms with Crippen LogP contribution in [0.1, 0.15) is 77.6 Å². The summed E-state index contributed by atoms with van der Waals surface area (Å²) in [4.78, 5) is 176. The quantitative estimate of drug-likeness (QED) is 0.0327. The number of carbonyl (C=O) groups excluding carboxylic acids is 15. The van der Waals surface area contributed by atoms with E-state index >= 15 is 0 Å². The first kappa shape index (κ1) is 97.0. The Balaban J connectivity index is 0.000000279. The Morgan fingerprint density at radius 2 is 0.513 bits per heavy atom. The number of halogens is 3. The van der Waals surface area contributed by atoms with E-state index in [1.165, 1.54) is 0 Å². The van der Waals surface area contributed by atoms with E-state index in [4.69, 9.17) is 147 Å². The number of carbonyl (C=O) groups is 15. The molecule has 117 heavy (non-hydrogen) atoms. The molecule has 0 saturated carbocycles. The third-order valence-electron chi connectivity index (χ3n) is 15.9. The molecule has 640 valence electrons. The van der Waals surface area contributed by atoms with Gasteiger partial charge in [0.2, 0.25) is 31.1 Å². The van der Waals surface area contributed by atoms with Crippen LogP contribution in [0.5, 0.6) is 0 Å². The van der Waals surface area contributed by atoms with E-state index < -0.39 is 230 Å². The molecule has 4 aromatic carbocycles. The zero-order chi connectivity index (χ0) is 86.8. The van der Waals surface area contributed by atoms with Crippen molar-refractivity contribution in [3.8, 4) is 0 Å². The summed E-state index contributed by atoms with van der Waals surface area (Å²) in [7, 11) is 1.10. The third kappa shape index (κ3) is 31.4. The van der Waals surface area contributed by atoms with Crippen molar-refractivity contribution in [2.45, 2.75) is 205 Å². The van der Waals surface area contributed by atoms with E-state index in [1.807, 2.05) is 24.3 Å². The van der Waals surface area contributed by atoms with Crippen LogP contribution in [-0.4, -0.2) is 242 Å². The molecule has 4 fully saturated rings. The Bertz CT molecular complexity index is 3860. The summed E-state index contributed by atoms with van der Waals surface area (Å²) in [6.45, 7) is 9.01. The first-order valence-electron chi connectivity index (χ1n) is 35.0. The normalized spacial score (nSPS) is 26.2. The number of rotatable bonds is 30. The fourth-order valence-corrected chi connectivity index (χ4v) is 11.5. The van der Waals surface area contributed by atoms with Crippen LogP contribution in [0.25, 0.3) is 0 Å². The first-order valence-corrected chi connectivity index (χ1v) is 36.6. The predicted octanol–water partition coefficient (Wildman–Crippen LogP) is 1.61. The van der Waals surface area contributed by atoms with Gasteiger partial charge < -0.3 is 117 Å². The van der Waals surface area contributed by atoms with E-state index in [1.54, 1.807) is 97.1 Å². The van der Waals surface area contributed by atoms with Crippen molar-refractivity contribution in [2.24, 2.45) is 17.2 Å². The molecule has 7 N–H and O–H groups in total. The zero-order valence-electron chi connectivity index (χ0n) is 64.1. The Morgan fingerprint density at radius 1 is 0.299 bits per heavy atom. The summed E-state index contributed by atoms with van der Waals surface area (Å²) in [6, 6.07) is 35.8. The number of hydrogen-bond donors (Lipinski definition) is 4. The topological polar surface area (TPSA) is 539 Å². The lowest BCUT2D eigenvalue weighted by Crippen LogP contribution is -2.64. The van der Waals surface area contributed by atoms with Crippen LogP contribution in [0, 0.1) is 0 Å². The molecular formula is C75H88Cl3N3O36. The van der Waals surface area contributed by atoms with Gasteiger partial charge in [-0.1, -0.05) is 121 Å². The highest BCUT2D eigenvalue weighted by Crippen LogP contribution is 2.35. The summed E-state index contributed by atoms with van der Waals surface area (Å²) in [6.07, 6.45) is -28.1. The highest BCUT2D eigenvalue weighted by Gasteiger charge is 2.58. The molecule has 0 spiro atoms. The van der Waals surface area contributed by atoms with Crippen molar-refractivity contribution in [3.63, 3.8) is 0 Å². The Labute approximate surface area is 683 Å². The van der Waals surface area contributed by atoms with Gasteiger partial charge in [-0.15, -0.1) is 34.8 Å². The number of nitrogens with two attached hydrogens (primary N) is 3. The Morgan fingerprint density at radius 3 is 0.735 bits per heavy atom. The molecule has 20 atom stereocenters. The standard InChI is InChI=1S/C20H23ClO10.2C19H22ClNO9.C17H21NO8/c1-11(22)28-18-15(27-10-13-7-5-4-6-8-13)16(30-14(24)9-21)17(19(25)26-3)31-20(18)29-12(2)23;2*1-10(22)27-17-14(26-9-12-6-4-3-5-7-12)15(29-13(24)8-20)16(18(21)25)30-19(17)28-11(2)23;1-9(19)24-15-13(23-8-11-6-4-3-5-7-11)12(21)14(16(18)22)26-17(15)25-10(2)20/h4-8,15-18,20H,9-10H2,1-3H3;2*3-7,14-17,19H,8-9H2,1-2H3,(H2,21,25);3-7,12-15,17,21H,8H2,1-2H3,(H2,18,22)/t15-,16+,17?,18?,20-;2*14-,15+,16?,17?,19-;12-,13+,14?,15?,17+/m1110/s1. The number of alkyl halides is 3. The van der Waals surface area contributed by atoms with Crippen molar-refractivity contribution in [3.05, 3.63) is 144 Å². The van der Waals surface area contributed by atoms with Gasteiger partial charge in [0.15, 0.2) is 67.1 Å². The molecule has 0 aliphatic carbocycles. The van der Waals surface area contributed by atoms with Gasteiger partial charge in [0.25, 0.3) is 11.8 Å². The Kier molecular flexibility index (Phi) is 40.5. The maximum atomic E-state index is 12.4. The van der Waals surface area contributed by atoms with Crippen LogP contribution in [0.2, 0.25) is 0 Å². The van der Waals surface area contributed by atoms with Crippen molar-refractivity contribution in [1.82, 2.24) is 0 Å². The van der Waals surface area contributed by atoms with Crippen LogP contribution in [0.3, 0.4) is 0 Å². The molecular weight excluding hydrogens is 1630 g/mol. The molecule has 8 rings (SSSR count). The fourth-order valence-electron chi connectivity index (χ4n) is 11.3. The average Bonchev–Trinajstić information content (AvgIpc) is 0.790. The minimum atomic E-state index is -1.55. The molecule has 0 radical (unpaired) electrons. The number of methoxy groups -OCH3 is 1. The summed E-state index contributed by atoms with van der Waals surface area (Å²) < 4.78 is 106. The van der Waals surface area contributed by atoms with Gasteiger partial charge in [0.05, 0.1) is 33.5 Å². The molecule has 4 aliphatic rings. The van der Waals surface area contributed by atoms with Crippen LogP contribution < -0.4 is 17.2 Å². The lowest BCUT2D eigenvalue weighted by Gasteiger charge is -2.43. The molecule has 8 unspecified atom stereocenters. The number of esters is 12. The lowest BCUT2D eigenvalue weighted by molar-refractivity contribution is -0.299. The largest absolute Gasteiger partial charge is 0.467 e. The van der Waals surface area contributed by atoms with E-state index in [0.29, 0.717) is 0 Å². The molecule has 39 nitrogen and oxygen atoms in total. The fraction of sp³-hybridized carbons (Fsp3) is 0.480. The molecule has 4 aliphatic heterocycles. The van der Waals surface area contributed by atoms with Crippen LogP contribution >= 0.6 is 34.8 Å². The number of amides is 3. The molecule has 4 saturated heterocycles. The summed E-state index contributed by atoms with van der Waals surface area (Å²) in [5.41, 5.74) is 19.0. The van der Waals surface area contributed by atoms with E-state index in [2.05, 4.69) is 0 Å². The van der Waals surface area contributed by atoms with Gasteiger partial charge in [-0.25, -0.2) is 4.79 Å². The molecule has 4 aromatic rings. The van der Waals surface area contributed by atoms with Crippen molar-refractivity contribution in [1.29, 1.82) is 0 Å². The van der Waals surface area contributed by atoms with E-state index in [-0.39, 0.29) is 26.4 Å². The highest BCUT2D eigenvalue weighted by molar-refractivity contribution is 6.27. The second kappa shape index (κ2) is 48.8.